The number of rotatable bonds is 6. The van der Waals surface area contributed by atoms with Gasteiger partial charge < -0.3 is 15.0 Å². The second-order valence-corrected chi connectivity index (χ2v) is 7.00. The van der Waals surface area contributed by atoms with Crippen LogP contribution in [0.15, 0.2) is 79.4 Å². The summed E-state index contributed by atoms with van der Waals surface area (Å²) in [4.78, 5) is 40.4. The van der Waals surface area contributed by atoms with E-state index in [0.717, 1.165) is 6.07 Å². The third-order valence-electron chi connectivity index (χ3n) is 4.84. The highest BCUT2D eigenvalue weighted by Gasteiger charge is 2.22. The summed E-state index contributed by atoms with van der Waals surface area (Å²) in [5.41, 5.74) is 0.544. The van der Waals surface area contributed by atoms with E-state index < -0.39 is 29.3 Å². The Kier molecular flexibility index (Phi) is 5.77. The van der Waals surface area contributed by atoms with E-state index in [1.54, 1.807) is 41.4 Å². The molecular formula is C24H15F2N3O4. The number of carbonyl (C=O) groups excluding carboxylic acids is 2. The fraction of sp³-hybridized carbons (Fsp3) is 0. The summed E-state index contributed by atoms with van der Waals surface area (Å²) in [5.74, 6) is -5.25. The van der Waals surface area contributed by atoms with Gasteiger partial charge in [0.1, 0.15) is 11.6 Å². The molecule has 2 aromatic heterocycles. The van der Waals surface area contributed by atoms with Gasteiger partial charge in [0.15, 0.2) is 0 Å². The van der Waals surface area contributed by atoms with Crippen molar-refractivity contribution in [2.75, 3.05) is 5.32 Å². The van der Waals surface area contributed by atoms with Crippen LogP contribution in [0.3, 0.4) is 0 Å². The molecule has 0 saturated heterocycles. The first-order valence-electron chi connectivity index (χ1n) is 9.60. The molecular weight excluding hydrogens is 432 g/mol. The minimum Gasteiger partial charge on any atom is -0.475 e. The number of aliphatic carboxylic acids is 1. The lowest BCUT2D eigenvalue weighted by Gasteiger charge is -2.13. The van der Waals surface area contributed by atoms with E-state index >= 15 is 0 Å². The number of carboxylic acid groups (broad SMARTS) is 1. The second kappa shape index (κ2) is 8.83. The van der Waals surface area contributed by atoms with Gasteiger partial charge in [-0.05, 0) is 48.0 Å². The number of hydrogen-bond donors (Lipinski definition) is 2. The molecule has 33 heavy (non-hydrogen) atoms. The molecule has 0 radical (unpaired) electrons. The van der Waals surface area contributed by atoms with Crippen molar-refractivity contribution in [1.29, 1.82) is 0 Å². The van der Waals surface area contributed by atoms with Crippen molar-refractivity contribution in [2.24, 2.45) is 0 Å². The Bertz CT molecular complexity index is 1380. The van der Waals surface area contributed by atoms with Crippen molar-refractivity contribution in [2.45, 2.75) is 0 Å². The van der Waals surface area contributed by atoms with Gasteiger partial charge in [0.05, 0.1) is 28.7 Å². The molecule has 164 valence electrons. The molecule has 0 bridgehead atoms. The van der Waals surface area contributed by atoms with Crippen LogP contribution in [-0.2, 0) is 4.79 Å². The Morgan fingerprint density at radius 1 is 0.939 bits per heavy atom. The molecule has 2 aromatic carbocycles. The van der Waals surface area contributed by atoms with Crippen molar-refractivity contribution in [3.05, 3.63) is 102 Å². The normalized spacial score (nSPS) is 10.6. The molecule has 1 amide bonds. The van der Waals surface area contributed by atoms with Crippen LogP contribution in [0.2, 0.25) is 0 Å². The number of Topliss-reactive ketones (excluding diaryl/α,β-unsaturated/α-hetero) is 1. The Morgan fingerprint density at radius 2 is 1.70 bits per heavy atom. The van der Waals surface area contributed by atoms with E-state index in [-0.39, 0.29) is 27.9 Å². The van der Waals surface area contributed by atoms with Crippen molar-refractivity contribution in [1.82, 2.24) is 9.55 Å². The molecule has 2 N–H and O–H groups in total. The first-order valence-corrected chi connectivity index (χ1v) is 9.60. The third-order valence-corrected chi connectivity index (χ3v) is 4.84. The zero-order valence-corrected chi connectivity index (χ0v) is 16.8. The number of carboxylic acids is 1. The Balaban J connectivity index is 1.73. The molecule has 9 heteroatoms. The summed E-state index contributed by atoms with van der Waals surface area (Å²) in [6.07, 6.45) is 6.39. The molecule has 0 saturated carbocycles. The van der Waals surface area contributed by atoms with Gasteiger partial charge in [-0.15, -0.1) is 0 Å². The van der Waals surface area contributed by atoms with Gasteiger partial charge in [0.25, 0.3) is 11.7 Å². The number of halogens is 2. The maximum atomic E-state index is 14.3. The zero-order valence-electron chi connectivity index (χ0n) is 16.8. The number of ketones is 1. The van der Waals surface area contributed by atoms with Gasteiger partial charge in [-0.1, -0.05) is 6.07 Å². The Labute approximate surface area is 185 Å². The van der Waals surface area contributed by atoms with E-state index in [0.29, 0.717) is 11.8 Å². The first-order chi connectivity index (χ1) is 15.8. The van der Waals surface area contributed by atoms with Crippen LogP contribution in [0.1, 0.15) is 20.7 Å². The molecule has 0 aliphatic rings. The lowest BCUT2D eigenvalue weighted by Crippen LogP contribution is -2.19. The van der Waals surface area contributed by atoms with Gasteiger partial charge in [-0.2, -0.15) is 0 Å². The molecule has 4 rings (SSSR count). The van der Waals surface area contributed by atoms with Crippen molar-refractivity contribution in [3.8, 4) is 16.8 Å². The predicted molar refractivity (Wildman–Crippen MR) is 115 cm³/mol. The number of hydrogen-bond acceptors (Lipinski definition) is 4. The number of anilines is 1. The van der Waals surface area contributed by atoms with E-state index in [1.807, 2.05) is 0 Å². The lowest BCUT2D eigenvalue weighted by atomic mass is 9.99. The van der Waals surface area contributed by atoms with Crippen LogP contribution < -0.4 is 5.32 Å². The average molecular weight is 447 g/mol. The maximum Gasteiger partial charge on any atom is 0.377 e. The van der Waals surface area contributed by atoms with Crippen molar-refractivity contribution >= 4 is 23.3 Å². The highest BCUT2D eigenvalue weighted by molar-refractivity contribution is 6.41. The standard InChI is InChI=1S/C24H15F2N3O4/c25-16-4-6-18(20(26)11-16)14-3-5-19(22(30)24(32)33)21(10-14)28-23(31)15-9-17(13-27-12-15)29-7-1-2-8-29/h1-13H,(H,28,31)(H,32,33). The first kappa shape index (κ1) is 21.6. The Morgan fingerprint density at radius 3 is 2.39 bits per heavy atom. The maximum absolute atomic E-state index is 14.3. The fourth-order valence-corrected chi connectivity index (χ4v) is 3.25. The van der Waals surface area contributed by atoms with E-state index in [2.05, 4.69) is 10.3 Å². The minimum atomic E-state index is -1.72. The van der Waals surface area contributed by atoms with Gasteiger partial charge in [0.2, 0.25) is 0 Å². The molecule has 0 fully saturated rings. The molecule has 7 nitrogen and oxygen atoms in total. The number of nitrogens with one attached hydrogen (secondary N) is 1. The molecule has 4 aromatic rings. The molecule has 2 heterocycles. The van der Waals surface area contributed by atoms with Crippen molar-refractivity contribution in [3.63, 3.8) is 0 Å². The van der Waals surface area contributed by atoms with E-state index in [4.69, 9.17) is 5.11 Å². The number of nitrogens with zero attached hydrogens (tertiary/aromatic N) is 2. The SMILES string of the molecule is O=C(O)C(=O)c1ccc(-c2ccc(F)cc2F)cc1NC(=O)c1cncc(-n2cccc2)c1. The third kappa shape index (κ3) is 4.52. The molecule has 0 spiro atoms. The summed E-state index contributed by atoms with van der Waals surface area (Å²) in [7, 11) is 0. The van der Waals surface area contributed by atoms with Crippen LogP contribution in [-0.4, -0.2) is 32.3 Å². The molecule has 0 aliphatic carbocycles. The highest BCUT2D eigenvalue weighted by Crippen LogP contribution is 2.29. The zero-order chi connectivity index (χ0) is 23.5. The number of aromatic nitrogens is 2. The van der Waals surface area contributed by atoms with Crippen LogP contribution >= 0.6 is 0 Å². The predicted octanol–water partition coefficient (Wildman–Crippen LogP) is 4.34. The fourth-order valence-electron chi connectivity index (χ4n) is 3.25. The van der Waals surface area contributed by atoms with E-state index in [1.165, 1.54) is 30.5 Å². The van der Waals surface area contributed by atoms with Gasteiger partial charge in [-0.3, -0.25) is 14.6 Å². The van der Waals surface area contributed by atoms with Gasteiger partial charge in [-0.25, -0.2) is 13.6 Å². The second-order valence-electron chi connectivity index (χ2n) is 7.00. The van der Waals surface area contributed by atoms with Gasteiger partial charge >= 0.3 is 5.97 Å². The van der Waals surface area contributed by atoms with Crippen LogP contribution in [0.4, 0.5) is 14.5 Å². The molecule has 0 unspecified atom stereocenters. The number of carbonyl (C=O) groups is 3. The summed E-state index contributed by atoms with van der Waals surface area (Å²) in [5, 5.41) is 11.6. The number of pyridine rings is 1. The number of amides is 1. The van der Waals surface area contributed by atoms with Crippen LogP contribution in [0, 0.1) is 11.6 Å². The molecule has 0 aliphatic heterocycles. The summed E-state index contributed by atoms with van der Waals surface area (Å²) in [6, 6.07) is 11.9. The van der Waals surface area contributed by atoms with Crippen molar-refractivity contribution < 1.29 is 28.3 Å². The Hall–Kier alpha value is -4.66. The summed E-state index contributed by atoms with van der Waals surface area (Å²) >= 11 is 0. The van der Waals surface area contributed by atoms with Crippen LogP contribution in [0.5, 0.6) is 0 Å². The molecule has 0 atom stereocenters. The summed E-state index contributed by atoms with van der Waals surface area (Å²) < 4.78 is 29.3. The monoisotopic (exact) mass is 447 g/mol. The topological polar surface area (TPSA) is 101 Å². The summed E-state index contributed by atoms with van der Waals surface area (Å²) in [6.45, 7) is 0. The average Bonchev–Trinajstić information content (AvgIpc) is 3.34. The van der Waals surface area contributed by atoms with E-state index in [9.17, 15) is 23.2 Å². The lowest BCUT2D eigenvalue weighted by molar-refractivity contribution is -0.131. The van der Waals surface area contributed by atoms with Crippen LogP contribution in [0.25, 0.3) is 16.8 Å². The largest absolute Gasteiger partial charge is 0.475 e. The quantitative estimate of drug-likeness (QED) is 0.338. The smallest absolute Gasteiger partial charge is 0.377 e. The van der Waals surface area contributed by atoms with Gasteiger partial charge in [0, 0.05) is 30.2 Å². The number of benzene rings is 2. The highest BCUT2D eigenvalue weighted by atomic mass is 19.1. The minimum absolute atomic E-state index is 0.0116.